The predicted molar refractivity (Wildman–Crippen MR) is 152 cm³/mol. The molecule has 3 N–H and O–H groups in total. The van der Waals surface area contributed by atoms with Crippen LogP contribution in [-0.2, 0) is 17.8 Å². The molecule has 4 rings (SSSR count). The molecule has 0 fully saturated rings. The van der Waals surface area contributed by atoms with Crippen molar-refractivity contribution in [2.45, 2.75) is 37.5 Å². The molecule has 38 heavy (non-hydrogen) atoms. The summed E-state index contributed by atoms with van der Waals surface area (Å²) in [5, 5.41) is 17.6. The van der Waals surface area contributed by atoms with Crippen molar-refractivity contribution in [2.75, 3.05) is 13.7 Å². The van der Waals surface area contributed by atoms with Gasteiger partial charge in [-0.05, 0) is 40.8 Å². The van der Waals surface area contributed by atoms with Crippen LogP contribution in [0.1, 0.15) is 34.6 Å². The lowest BCUT2D eigenvalue weighted by Gasteiger charge is -2.26. The van der Waals surface area contributed by atoms with Gasteiger partial charge in [0.2, 0.25) is 5.91 Å². The quantitative estimate of drug-likeness (QED) is 0.235. The van der Waals surface area contributed by atoms with Gasteiger partial charge in [-0.3, -0.25) is 4.79 Å². The van der Waals surface area contributed by atoms with E-state index < -0.39 is 12.1 Å². The third-order valence-corrected chi connectivity index (χ3v) is 6.72. The average Bonchev–Trinajstić information content (AvgIpc) is 2.97. The molecule has 0 aliphatic carbocycles. The highest BCUT2D eigenvalue weighted by atomic mass is 16.5. The van der Waals surface area contributed by atoms with E-state index in [4.69, 9.17) is 4.74 Å². The second kappa shape index (κ2) is 14.1. The van der Waals surface area contributed by atoms with Crippen LogP contribution in [0.3, 0.4) is 0 Å². The first-order valence-electron chi connectivity index (χ1n) is 13.1. The van der Waals surface area contributed by atoms with Gasteiger partial charge in [0, 0.05) is 25.4 Å². The highest BCUT2D eigenvalue weighted by molar-refractivity contribution is 5.78. The number of aliphatic hydroxyl groups is 1. The fourth-order valence-corrected chi connectivity index (χ4v) is 4.69. The van der Waals surface area contributed by atoms with Gasteiger partial charge in [-0.1, -0.05) is 103 Å². The minimum absolute atomic E-state index is 0.0712. The Kier molecular flexibility index (Phi) is 10.1. The van der Waals surface area contributed by atoms with Crippen LogP contribution in [0.4, 0.5) is 0 Å². The van der Waals surface area contributed by atoms with E-state index in [0.29, 0.717) is 25.9 Å². The van der Waals surface area contributed by atoms with Crippen molar-refractivity contribution < 1.29 is 14.6 Å². The van der Waals surface area contributed by atoms with E-state index in [0.717, 1.165) is 28.0 Å². The minimum Gasteiger partial charge on any atom is -0.497 e. The van der Waals surface area contributed by atoms with Crippen molar-refractivity contribution in [3.63, 3.8) is 0 Å². The number of aliphatic hydroxyl groups excluding tert-OH is 1. The Hall–Kier alpha value is -3.93. The first-order chi connectivity index (χ1) is 18.6. The van der Waals surface area contributed by atoms with Crippen molar-refractivity contribution in [3.05, 3.63) is 138 Å². The highest BCUT2D eigenvalue weighted by Crippen LogP contribution is 2.28. The molecule has 0 bridgehead atoms. The lowest BCUT2D eigenvalue weighted by Crippen LogP contribution is -2.48. The van der Waals surface area contributed by atoms with Crippen LogP contribution in [0.15, 0.2) is 115 Å². The topological polar surface area (TPSA) is 70.6 Å². The van der Waals surface area contributed by atoms with Gasteiger partial charge in [-0.25, -0.2) is 0 Å². The lowest BCUT2D eigenvalue weighted by molar-refractivity contribution is -0.122. The Balaban J connectivity index is 1.44. The summed E-state index contributed by atoms with van der Waals surface area (Å²) in [6, 6.07) is 37.5. The zero-order chi connectivity index (χ0) is 26.6. The number of carbonyl (C=O) groups excluding carboxylic acids is 1. The van der Waals surface area contributed by atoms with E-state index in [2.05, 4.69) is 34.9 Å². The van der Waals surface area contributed by atoms with Crippen LogP contribution in [0.2, 0.25) is 0 Å². The van der Waals surface area contributed by atoms with E-state index in [1.54, 1.807) is 7.11 Å². The summed E-state index contributed by atoms with van der Waals surface area (Å²) in [6.45, 7) is 0.931. The summed E-state index contributed by atoms with van der Waals surface area (Å²) in [5.74, 6) is 0.638. The predicted octanol–water partition coefficient (Wildman–Crippen LogP) is 5.10. The van der Waals surface area contributed by atoms with Crippen LogP contribution < -0.4 is 15.4 Å². The maximum absolute atomic E-state index is 13.4. The second-order valence-corrected chi connectivity index (χ2v) is 9.49. The van der Waals surface area contributed by atoms with E-state index >= 15 is 0 Å². The number of rotatable bonds is 13. The van der Waals surface area contributed by atoms with E-state index in [-0.39, 0.29) is 11.8 Å². The van der Waals surface area contributed by atoms with Crippen LogP contribution in [0.5, 0.6) is 5.75 Å². The molecule has 0 aromatic heterocycles. The van der Waals surface area contributed by atoms with Gasteiger partial charge in [0.25, 0.3) is 0 Å². The molecule has 4 aromatic carbocycles. The largest absolute Gasteiger partial charge is 0.497 e. The van der Waals surface area contributed by atoms with Gasteiger partial charge in [0.05, 0.1) is 19.3 Å². The molecule has 196 valence electrons. The minimum atomic E-state index is -0.767. The Bertz CT molecular complexity index is 1210. The maximum Gasteiger partial charge on any atom is 0.221 e. The third kappa shape index (κ3) is 8.04. The number of carbonyl (C=O) groups is 1. The molecule has 2 atom stereocenters. The van der Waals surface area contributed by atoms with Gasteiger partial charge >= 0.3 is 0 Å². The van der Waals surface area contributed by atoms with Crippen molar-refractivity contribution in [3.8, 4) is 5.75 Å². The third-order valence-electron chi connectivity index (χ3n) is 6.72. The van der Waals surface area contributed by atoms with Gasteiger partial charge in [-0.15, -0.1) is 0 Å². The second-order valence-electron chi connectivity index (χ2n) is 9.49. The number of ether oxygens (including phenoxy) is 1. The number of nitrogens with one attached hydrogen (secondary N) is 2. The van der Waals surface area contributed by atoms with Crippen molar-refractivity contribution in [1.29, 1.82) is 0 Å². The first kappa shape index (κ1) is 27.1. The summed E-state index contributed by atoms with van der Waals surface area (Å²) in [6.07, 6.45) is 0.0656. The van der Waals surface area contributed by atoms with Crippen LogP contribution in [-0.4, -0.2) is 36.8 Å². The fraction of sp³-hybridized carbons (Fsp3) is 0.242. The maximum atomic E-state index is 13.4. The SMILES string of the molecule is COc1cccc(CNC[C@@H](O)[C@H](Cc2ccccc2)NC(=O)CC(c2ccccc2)c2ccccc2)c1. The Labute approximate surface area is 225 Å². The number of benzene rings is 4. The fourth-order valence-electron chi connectivity index (χ4n) is 4.69. The monoisotopic (exact) mass is 508 g/mol. The molecule has 0 spiro atoms. The molecule has 0 saturated carbocycles. The summed E-state index contributed by atoms with van der Waals surface area (Å²) in [7, 11) is 1.65. The number of hydrogen-bond donors (Lipinski definition) is 3. The van der Waals surface area contributed by atoms with Crippen LogP contribution in [0, 0.1) is 0 Å². The van der Waals surface area contributed by atoms with Gasteiger partial charge in [0.15, 0.2) is 0 Å². The Morgan fingerprint density at radius 1 is 0.789 bits per heavy atom. The van der Waals surface area contributed by atoms with Crippen molar-refractivity contribution in [1.82, 2.24) is 10.6 Å². The molecule has 0 heterocycles. The highest BCUT2D eigenvalue weighted by Gasteiger charge is 2.24. The molecule has 0 saturated heterocycles. The normalized spacial score (nSPS) is 12.6. The summed E-state index contributed by atoms with van der Waals surface area (Å²) in [4.78, 5) is 13.4. The summed E-state index contributed by atoms with van der Waals surface area (Å²) in [5.41, 5.74) is 4.31. The molecule has 0 aliphatic heterocycles. The molecule has 5 heteroatoms. The number of amides is 1. The molecular weight excluding hydrogens is 472 g/mol. The molecule has 5 nitrogen and oxygen atoms in total. The van der Waals surface area contributed by atoms with Crippen molar-refractivity contribution in [2.24, 2.45) is 0 Å². The van der Waals surface area contributed by atoms with E-state index in [1.165, 1.54) is 0 Å². The zero-order valence-electron chi connectivity index (χ0n) is 21.8. The Morgan fingerprint density at radius 2 is 1.37 bits per heavy atom. The first-order valence-corrected chi connectivity index (χ1v) is 13.1. The number of hydrogen-bond acceptors (Lipinski definition) is 4. The molecule has 1 amide bonds. The smallest absolute Gasteiger partial charge is 0.221 e. The lowest BCUT2D eigenvalue weighted by atomic mass is 9.88. The molecule has 0 aliphatic rings. The van der Waals surface area contributed by atoms with Crippen LogP contribution >= 0.6 is 0 Å². The number of methoxy groups -OCH3 is 1. The standard InChI is InChI=1S/C33H36N2O3/c1-38-29-19-11-14-26(20-29)23-34-24-32(36)31(21-25-12-5-2-6-13-25)35-33(37)22-30(27-15-7-3-8-16-27)28-17-9-4-10-18-28/h2-20,30-32,34,36H,21-24H2,1H3,(H,35,37)/t31-,32+/m0/s1. The summed E-state index contributed by atoms with van der Waals surface area (Å²) < 4.78 is 5.30. The van der Waals surface area contributed by atoms with Gasteiger partial charge in [0.1, 0.15) is 5.75 Å². The van der Waals surface area contributed by atoms with Crippen LogP contribution in [0.25, 0.3) is 0 Å². The van der Waals surface area contributed by atoms with E-state index in [1.807, 2.05) is 91.0 Å². The summed E-state index contributed by atoms with van der Waals surface area (Å²) >= 11 is 0. The van der Waals surface area contributed by atoms with E-state index in [9.17, 15) is 9.90 Å². The van der Waals surface area contributed by atoms with Gasteiger partial charge < -0.3 is 20.5 Å². The molecule has 4 aromatic rings. The van der Waals surface area contributed by atoms with Gasteiger partial charge in [-0.2, -0.15) is 0 Å². The molecule has 0 radical (unpaired) electrons. The Morgan fingerprint density at radius 3 is 1.97 bits per heavy atom. The zero-order valence-corrected chi connectivity index (χ0v) is 21.8. The molecular formula is C33H36N2O3. The molecule has 0 unspecified atom stereocenters. The average molecular weight is 509 g/mol. The van der Waals surface area contributed by atoms with Crippen molar-refractivity contribution >= 4 is 5.91 Å².